The first kappa shape index (κ1) is 10.9. The molecule has 1 aliphatic rings. The number of halogens is 1. The number of pyridine rings is 1. The van der Waals surface area contributed by atoms with Gasteiger partial charge in [0.25, 0.3) is 0 Å². The minimum Gasteiger partial charge on any atom is -0.337 e. The molecule has 0 radical (unpaired) electrons. The highest BCUT2D eigenvalue weighted by Crippen LogP contribution is 2.20. The molecule has 0 spiro atoms. The molecule has 1 saturated carbocycles. The largest absolute Gasteiger partial charge is 0.337 e. The summed E-state index contributed by atoms with van der Waals surface area (Å²) in [5.41, 5.74) is 0.717. The summed E-state index contributed by atoms with van der Waals surface area (Å²) in [7, 11) is 0. The summed E-state index contributed by atoms with van der Waals surface area (Å²) in [5.74, 6) is 1.14. The minimum absolute atomic E-state index is 0.532. The second kappa shape index (κ2) is 4.54. The summed E-state index contributed by atoms with van der Waals surface area (Å²) in [6, 6.07) is 4.39. The van der Waals surface area contributed by atoms with Gasteiger partial charge in [-0.05, 0) is 40.9 Å². The molecule has 1 fully saturated rings. The van der Waals surface area contributed by atoms with E-state index in [0.29, 0.717) is 24.3 Å². The van der Waals surface area contributed by atoms with Gasteiger partial charge < -0.3 is 9.84 Å². The van der Waals surface area contributed by atoms with E-state index in [9.17, 15) is 0 Å². The van der Waals surface area contributed by atoms with Crippen LogP contribution < -0.4 is 5.32 Å². The van der Waals surface area contributed by atoms with Crippen LogP contribution >= 0.6 is 15.9 Å². The zero-order valence-corrected chi connectivity index (χ0v) is 10.6. The number of nitrogens with zero attached hydrogens (tertiary/aromatic N) is 3. The maximum atomic E-state index is 5.15. The van der Waals surface area contributed by atoms with Gasteiger partial charge in [0.05, 0.1) is 6.54 Å². The lowest BCUT2D eigenvalue weighted by Gasteiger charge is -1.95. The van der Waals surface area contributed by atoms with Gasteiger partial charge in [-0.1, -0.05) is 5.16 Å². The lowest BCUT2D eigenvalue weighted by Crippen LogP contribution is -2.15. The van der Waals surface area contributed by atoms with Gasteiger partial charge in [-0.3, -0.25) is 4.98 Å². The van der Waals surface area contributed by atoms with E-state index in [-0.39, 0.29) is 0 Å². The van der Waals surface area contributed by atoms with Crippen molar-refractivity contribution in [3.05, 3.63) is 28.7 Å². The van der Waals surface area contributed by atoms with E-state index in [1.165, 1.54) is 12.8 Å². The molecule has 17 heavy (non-hydrogen) atoms. The first-order valence-electron chi connectivity index (χ1n) is 5.49. The van der Waals surface area contributed by atoms with Gasteiger partial charge in [0.1, 0.15) is 5.69 Å². The third-order valence-electron chi connectivity index (χ3n) is 2.54. The fourth-order valence-corrected chi connectivity index (χ4v) is 1.69. The van der Waals surface area contributed by atoms with Crippen LogP contribution in [0.25, 0.3) is 11.5 Å². The van der Waals surface area contributed by atoms with Crippen LogP contribution in [0.1, 0.15) is 18.7 Å². The average Bonchev–Trinajstić information content (AvgIpc) is 3.06. The number of aromatic nitrogens is 3. The molecular formula is C11H11BrN4O. The molecule has 6 heteroatoms. The van der Waals surface area contributed by atoms with Gasteiger partial charge in [-0.2, -0.15) is 4.98 Å². The van der Waals surface area contributed by atoms with Crippen molar-refractivity contribution in [3.63, 3.8) is 0 Å². The van der Waals surface area contributed by atoms with Crippen LogP contribution in [0.5, 0.6) is 0 Å². The highest BCUT2D eigenvalue weighted by molar-refractivity contribution is 9.10. The fourth-order valence-electron chi connectivity index (χ4n) is 1.46. The number of nitrogens with one attached hydrogen (secondary N) is 1. The second-order valence-corrected chi connectivity index (χ2v) is 4.94. The van der Waals surface area contributed by atoms with E-state index >= 15 is 0 Å². The van der Waals surface area contributed by atoms with Crippen LogP contribution in [0.15, 0.2) is 27.3 Å². The third kappa shape index (κ3) is 2.70. The van der Waals surface area contributed by atoms with Crippen LogP contribution in [0.3, 0.4) is 0 Å². The Kier molecular flexibility index (Phi) is 2.90. The van der Waals surface area contributed by atoms with Crippen LogP contribution in [-0.2, 0) is 6.54 Å². The topological polar surface area (TPSA) is 63.8 Å². The molecule has 0 saturated heterocycles. The average molecular weight is 295 g/mol. The Morgan fingerprint density at radius 3 is 3.00 bits per heavy atom. The maximum Gasteiger partial charge on any atom is 0.240 e. The van der Waals surface area contributed by atoms with Crippen molar-refractivity contribution in [3.8, 4) is 11.5 Å². The van der Waals surface area contributed by atoms with Crippen molar-refractivity contribution in [2.75, 3.05) is 0 Å². The molecule has 0 bridgehead atoms. The summed E-state index contributed by atoms with van der Waals surface area (Å²) in [6.07, 6.45) is 4.21. The summed E-state index contributed by atoms with van der Waals surface area (Å²) < 4.78 is 6.08. The lowest BCUT2D eigenvalue weighted by atomic mass is 10.3. The third-order valence-corrected chi connectivity index (χ3v) is 3.01. The Balaban J connectivity index is 1.72. The number of hydrogen-bond donors (Lipinski definition) is 1. The first-order valence-corrected chi connectivity index (χ1v) is 6.28. The minimum atomic E-state index is 0.532. The Morgan fingerprint density at radius 2 is 2.29 bits per heavy atom. The molecule has 1 N–H and O–H groups in total. The van der Waals surface area contributed by atoms with E-state index in [0.717, 1.165) is 10.2 Å². The van der Waals surface area contributed by atoms with Gasteiger partial charge in [-0.25, -0.2) is 0 Å². The van der Waals surface area contributed by atoms with E-state index in [4.69, 9.17) is 4.52 Å². The van der Waals surface area contributed by atoms with Gasteiger partial charge in [0, 0.05) is 16.7 Å². The zero-order valence-electron chi connectivity index (χ0n) is 9.06. The monoisotopic (exact) mass is 294 g/mol. The molecule has 0 unspecified atom stereocenters. The normalized spacial score (nSPS) is 15.1. The maximum absolute atomic E-state index is 5.15. The summed E-state index contributed by atoms with van der Waals surface area (Å²) in [6.45, 7) is 0.633. The van der Waals surface area contributed by atoms with Gasteiger partial charge in [0.15, 0.2) is 0 Å². The molecule has 1 aliphatic carbocycles. The van der Waals surface area contributed by atoms with Crippen LogP contribution in [0, 0.1) is 0 Å². The van der Waals surface area contributed by atoms with Crippen LogP contribution in [-0.4, -0.2) is 21.2 Å². The lowest BCUT2D eigenvalue weighted by molar-refractivity contribution is 0.367. The smallest absolute Gasteiger partial charge is 0.240 e. The summed E-state index contributed by atoms with van der Waals surface area (Å²) in [4.78, 5) is 8.51. The molecule has 0 aliphatic heterocycles. The van der Waals surface area contributed by atoms with E-state index in [1.807, 2.05) is 12.1 Å². The van der Waals surface area contributed by atoms with E-state index in [1.54, 1.807) is 6.20 Å². The summed E-state index contributed by atoms with van der Waals surface area (Å²) in [5, 5.41) is 7.23. The second-order valence-electron chi connectivity index (χ2n) is 4.03. The molecule has 2 aromatic rings. The molecule has 3 rings (SSSR count). The van der Waals surface area contributed by atoms with Gasteiger partial charge in [-0.15, -0.1) is 0 Å². The molecule has 2 heterocycles. The van der Waals surface area contributed by atoms with Crippen molar-refractivity contribution in [2.24, 2.45) is 0 Å². The molecule has 5 nitrogen and oxygen atoms in total. The van der Waals surface area contributed by atoms with E-state index in [2.05, 4.69) is 36.4 Å². The predicted molar refractivity (Wildman–Crippen MR) is 65.1 cm³/mol. The van der Waals surface area contributed by atoms with Crippen molar-refractivity contribution in [1.82, 2.24) is 20.4 Å². The van der Waals surface area contributed by atoms with Gasteiger partial charge in [0.2, 0.25) is 11.7 Å². The number of rotatable bonds is 4. The molecule has 0 amide bonds. The predicted octanol–water partition coefficient (Wildman–Crippen LogP) is 2.15. The van der Waals surface area contributed by atoms with Gasteiger partial charge >= 0.3 is 0 Å². The summed E-state index contributed by atoms with van der Waals surface area (Å²) >= 11 is 3.33. The highest BCUT2D eigenvalue weighted by Gasteiger charge is 2.21. The SMILES string of the molecule is Brc1ccc(-c2noc(CNC3CC3)n2)nc1. The van der Waals surface area contributed by atoms with Crippen molar-refractivity contribution >= 4 is 15.9 Å². The van der Waals surface area contributed by atoms with Crippen LogP contribution in [0.4, 0.5) is 0 Å². The zero-order chi connectivity index (χ0) is 11.7. The molecule has 88 valence electrons. The van der Waals surface area contributed by atoms with Crippen molar-refractivity contribution in [1.29, 1.82) is 0 Å². The van der Waals surface area contributed by atoms with Crippen molar-refractivity contribution in [2.45, 2.75) is 25.4 Å². The highest BCUT2D eigenvalue weighted by atomic mass is 79.9. The molecule has 0 aromatic carbocycles. The Labute approximate surface area is 107 Å². The molecular weight excluding hydrogens is 284 g/mol. The Morgan fingerprint density at radius 1 is 1.41 bits per heavy atom. The number of hydrogen-bond acceptors (Lipinski definition) is 5. The molecule has 2 aromatic heterocycles. The first-order chi connectivity index (χ1) is 8.31. The van der Waals surface area contributed by atoms with Crippen LogP contribution in [0.2, 0.25) is 0 Å². The quantitative estimate of drug-likeness (QED) is 0.936. The van der Waals surface area contributed by atoms with E-state index < -0.39 is 0 Å². The fraction of sp³-hybridized carbons (Fsp3) is 0.364. The standard InChI is InChI=1S/C11H11BrN4O/c12-7-1-4-9(14-5-7)11-15-10(17-16-11)6-13-8-2-3-8/h1,4-5,8,13H,2-3,6H2. The Hall–Kier alpha value is -1.27. The Bertz CT molecular complexity index is 506. The van der Waals surface area contributed by atoms with Crippen molar-refractivity contribution < 1.29 is 4.52 Å². The molecule has 0 atom stereocenters.